The molecule has 0 saturated heterocycles. The van der Waals surface area contributed by atoms with E-state index in [1.807, 2.05) is 13.8 Å². The number of aliphatic carboxylic acids is 1. The molecule has 8 fully saturated rings. The Morgan fingerprint density at radius 1 is 0.750 bits per heavy atom. The maximum atomic E-state index is 12.0. The van der Waals surface area contributed by atoms with Crippen molar-refractivity contribution < 1.29 is 31.4 Å². The zero-order valence-electron chi connectivity index (χ0n) is 45.3. The lowest BCUT2D eigenvalue weighted by molar-refractivity contribution is -0.258. The van der Waals surface area contributed by atoms with Gasteiger partial charge in [0.1, 0.15) is 0 Å². The van der Waals surface area contributed by atoms with Crippen LogP contribution in [0, 0.1) is 91.2 Å². The molecule has 9 aliphatic carbocycles. The first-order valence-electron chi connectivity index (χ1n) is 27.7. The highest BCUT2D eigenvalue weighted by molar-refractivity contribution is 5.75. The van der Waals surface area contributed by atoms with Gasteiger partial charge in [0.25, 0.3) is 0 Å². The first-order valence-corrected chi connectivity index (χ1v) is 27.7. The summed E-state index contributed by atoms with van der Waals surface area (Å²) in [7, 11) is 0. The summed E-state index contributed by atoms with van der Waals surface area (Å²) < 4.78 is 6.47. The van der Waals surface area contributed by atoms with E-state index in [-0.39, 0.29) is 81.6 Å². The Labute approximate surface area is 423 Å². The monoisotopic (exact) mass is 953 g/mol. The molecular weight excluding hydrogens is 839 g/mol. The van der Waals surface area contributed by atoms with Crippen LogP contribution in [-0.2, 0) is 9.53 Å². The molecule has 0 amide bonds. The normalized spacial score (nSPS) is 48.9. The number of carboxylic acid groups (broad SMARTS) is 1. The van der Waals surface area contributed by atoms with Crippen molar-refractivity contribution in [1.29, 1.82) is 0 Å². The predicted molar refractivity (Wildman–Crippen MR) is 288 cm³/mol. The van der Waals surface area contributed by atoms with Gasteiger partial charge in [-0.3, -0.25) is 4.79 Å². The van der Waals surface area contributed by atoms with Crippen molar-refractivity contribution in [2.24, 2.45) is 91.2 Å². The fourth-order valence-corrected chi connectivity index (χ4v) is 19.7. The second-order valence-corrected chi connectivity index (χ2v) is 28.1. The van der Waals surface area contributed by atoms with E-state index in [1.165, 1.54) is 64.2 Å². The molecule has 7 heteroatoms. The van der Waals surface area contributed by atoms with Gasteiger partial charge in [-0.05, 0) is 235 Å². The number of rotatable bonds is 5. The first-order chi connectivity index (χ1) is 30.1. The van der Waals surface area contributed by atoms with Gasteiger partial charge in [0.15, 0.2) is 0 Å². The average Bonchev–Trinajstić information content (AvgIpc) is 3.57. The largest absolute Gasteiger partial charge is 0.481 e. The minimum atomic E-state index is -0.796. The highest BCUT2D eigenvalue weighted by Gasteiger charge is 2.69. The van der Waals surface area contributed by atoms with Crippen molar-refractivity contribution in [2.45, 2.75) is 277 Å². The van der Waals surface area contributed by atoms with E-state index in [2.05, 4.69) is 96.1 Å². The SMILES string of the molecule is C.C.CC.CC1(C)CC2C3=CCC4[C@@]5(C)CC[C@H](OC(C)(C)C)[C@](C)(O)C5CC[C@@]4(C)[C@]3(C)CC[C@@]2(C)[C@H](O)C1.C[C@H](CCC(=O)O)C1CC[C@H]2C3CC[C@@H]4C[C@H](O)CC[C@]4(C)C3CC[C@]12C.[2HH].[B]. The van der Waals surface area contributed by atoms with E-state index < -0.39 is 11.6 Å². The third-order valence-corrected chi connectivity index (χ3v) is 23.4. The van der Waals surface area contributed by atoms with E-state index in [4.69, 9.17) is 9.84 Å². The van der Waals surface area contributed by atoms with Crippen LogP contribution in [0.1, 0.15) is 249 Å². The molecule has 395 valence electrons. The zero-order chi connectivity index (χ0) is 48.1. The maximum absolute atomic E-state index is 12.0. The lowest BCUT2D eigenvalue weighted by Gasteiger charge is -2.71. The molecule has 3 radical (unpaired) electrons. The molecule has 0 aromatic rings. The smallest absolute Gasteiger partial charge is 0.303 e. The van der Waals surface area contributed by atoms with Crippen LogP contribution in [0.15, 0.2) is 11.6 Å². The average molecular weight is 953 g/mol. The molecule has 9 rings (SSSR count). The number of hydrogen-bond donors (Lipinski definition) is 4. The summed E-state index contributed by atoms with van der Waals surface area (Å²) >= 11 is 0. The summed E-state index contributed by atoms with van der Waals surface area (Å²) in [4.78, 5) is 11.0. The maximum Gasteiger partial charge on any atom is 0.303 e. The van der Waals surface area contributed by atoms with Crippen molar-refractivity contribution in [1.82, 2.24) is 0 Å². The van der Waals surface area contributed by atoms with Crippen molar-refractivity contribution in [3.8, 4) is 0 Å². The van der Waals surface area contributed by atoms with E-state index in [1.54, 1.807) is 5.57 Å². The highest BCUT2D eigenvalue weighted by Crippen LogP contribution is 2.75. The highest BCUT2D eigenvalue weighted by atomic mass is 16.5. The Kier molecular flexibility index (Phi) is 17.9. The summed E-state index contributed by atoms with van der Waals surface area (Å²) in [5.74, 6) is 5.24. The third kappa shape index (κ3) is 9.70. The molecule has 19 atom stereocenters. The van der Waals surface area contributed by atoms with Gasteiger partial charge >= 0.3 is 5.97 Å². The van der Waals surface area contributed by atoms with Gasteiger partial charge in [-0.2, -0.15) is 0 Å². The predicted octanol–water partition coefficient (Wildman–Crippen LogP) is 15.4. The molecule has 8 saturated carbocycles. The molecule has 0 aromatic carbocycles. The number of carbonyl (C=O) groups is 1. The number of aliphatic hydroxyl groups excluding tert-OH is 2. The number of allylic oxidation sites excluding steroid dienone is 2. The minimum Gasteiger partial charge on any atom is -0.481 e. The summed E-state index contributed by atoms with van der Waals surface area (Å²) in [6, 6.07) is 0. The number of carboxylic acids is 1. The standard InChI is InChI=1S/C33H56O3.C24H40O3.C2H6.2CH4.B.H2/c1-27(2,3)36-26-14-15-30(7)23-12-11-21-22-19-28(4,5)20-25(34)29(22,6)17-18-31(21,8)32(23,9)16-13-24(30)33(26,10)35;1-15(4-9-22(26)27)19-7-8-20-18-6-5-16-14-17(25)10-12-23(16,2)21(18)11-13-24(19,20)3;1-2;;;;/h11,22-26,34-35H,12-20H2,1-10H3;15-21,25H,4-14H2,1-3H3,(H,26,27);1-2H3;2*1H4;;1H/t22?,23?,24?,25-,26+,29-,30-,31-,32-,33-;15-,16-,17-,18?,19?,20+,21?,23+,24-;;;;;/m11...../s1/i;;;;;;1+1. The van der Waals surface area contributed by atoms with E-state index in [9.17, 15) is 20.1 Å². The van der Waals surface area contributed by atoms with E-state index in [0.29, 0.717) is 40.9 Å². The van der Waals surface area contributed by atoms with Crippen molar-refractivity contribution >= 4 is 14.4 Å². The minimum absolute atomic E-state index is 0. The van der Waals surface area contributed by atoms with Crippen LogP contribution in [0.5, 0.6) is 0 Å². The van der Waals surface area contributed by atoms with E-state index >= 15 is 0 Å². The van der Waals surface area contributed by atoms with Crippen LogP contribution in [-0.4, -0.2) is 64.3 Å². The molecule has 0 spiro atoms. The number of aliphatic hydroxyl groups is 3. The number of hydrogen-bond acceptors (Lipinski definition) is 5. The van der Waals surface area contributed by atoms with Gasteiger partial charge in [0.05, 0.1) is 29.5 Å². The summed E-state index contributed by atoms with van der Waals surface area (Å²) in [6.45, 7) is 34.7. The molecule has 0 aromatic heterocycles. The van der Waals surface area contributed by atoms with Crippen LogP contribution in [0.2, 0.25) is 0 Å². The fourth-order valence-electron chi connectivity index (χ4n) is 19.7. The quantitative estimate of drug-likeness (QED) is 0.162. The van der Waals surface area contributed by atoms with Gasteiger partial charge < -0.3 is 25.2 Å². The van der Waals surface area contributed by atoms with Gasteiger partial charge in [-0.1, -0.05) is 103 Å². The Bertz CT molecular complexity index is 1760. The molecule has 0 bridgehead atoms. The van der Waals surface area contributed by atoms with Crippen molar-refractivity contribution in [3.63, 3.8) is 0 Å². The van der Waals surface area contributed by atoms with Crippen LogP contribution in [0.3, 0.4) is 0 Å². The lowest BCUT2D eigenvalue weighted by Crippen LogP contribution is -2.67. The van der Waals surface area contributed by atoms with E-state index in [0.717, 1.165) is 81.5 Å². The Balaban J connectivity index is 0.000000345. The molecule has 4 N–H and O–H groups in total. The van der Waals surface area contributed by atoms with Gasteiger partial charge in [-0.15, -0.1) is 0 Å². The molecule has 6 nitrogen and oxygen atoms in total. The Hall–Kier alpha value is -0.885. The van der Waals surface area contributed by atoms with Crippen LogP contribution in [0.25, 0.3) is 0 Å². The van der Waals surface area contributed by atoms with Crippen LogP contribution in [0.4, 0.5) is 0 Å². The second kappa shape index (κ2) is 20.4. The molecule has 0 heterocycles. The molecule has 0 aliphatic heterocycles. The summed E-state index contributed by atoms with van der Waals surface area (Å²) in [5.41, 5.74) is 2.24. The van der Waals surface area contributed by atoms with Gasteiger partial charge in [0, 0.05) is 21.7 Å². The Morgan fingerprint density at radius 3 is 2.00 bits per heavy atom. The molecule has 9 aliphatic rings. The topological polar surface area (TPSA) is 107 Å². The van der Waals surface area contributed by atoms with Crippen LogP contribution >= 0.6 is 0 Å². The number of ether oxygens (including phenoxy) is 1. The van der Waals surface area contributed by atoms with Crippen molar-refractivity contribution in [3.05, 3.63) is 11.6 Å². The fraction of sp³-hybridized carbons (Fsp3) is 0.951. The molecule has 68 heavy (non-hydrogen) atoms. The second-order valence-electron chi connectivity index (χ2n) is 28.1. The lowest BCUT2D eigenvalue weighted by atomic mass is 9.34. The molecule has 6 unspecified atom stereocenters. The summed E-state index contributed by atoms with van der Waals surface area (Å²) in [6.07, 6.45) is 24.7. The first kappa shape index (κ1) is 59.7. The zero-order valence-corrected chi connectivity index (χ0v) is 45.3. The Morgan fingerprint density at radius 2 is 1.37 bits per heavy atom. The summed E-state index contributed by atoms with van der Waals surface area (Å²) in [5, 5.41) is 42.7. The van der Waals surface area contributed by atoms with Gasteiger partial charge in [-0.25, -0.2) is 0 Å². The van der Waals surface area contributed by atoms with Gasteiger partial charge in [0.2, 0.25) is 0 Å². The van der Waals surface area contributed by atoms with Crippen LogP contribution < -0.4 is 0 Å². The third-order valence-electron chi connectivity index (χ3n) is 23.4. The molecular formula is C61H112BO6. The van der Waals surface area contributed by atoms with Crippen molar-refractivity contribution in [2.75, 3.05) is 0 Å². The number of fused-ring (bicyclic) bond motifs is 12.